The molecule has 2 rings (SSSR count). The van der Waals surface area contributed by atoms with Crippen molar-refractivity contribution in [2.24, 2.45) is 5.41 Å². The maximum atomic E-state index is 12.3. The van der Waals surface area contributed by atoms with E-state index in [-0.39, 0.29) is 11.9 Å². The molecule has 0 radical (unpaired) electrons. The lowest BCUT2D eigenvalue weighted by Crippen LogP contribution is -2.40. The number of thiophene rings is 1. The van der Waals surface area contributed by atoms with Crippen LogP contribution in [-0.2, 0) is 4.79 Å². The molecule has 3 nitrogen and oxygen atoms in total. The Kier molecular flexibility index (Phi) is 4.03. The van der Waals surface area contributed by atoms with Crippen molar-refractivity contribution >= 4 is 17.2 Å². The molecular formula is C14H18N2OS. The Labute approximate surface area is 112 Å². The summed E-state index contributed by atoms with van der Waals surface area (Å²) in [5.41, 5.74) is -0.773. The van der Waals surface area contributed by atoms with Crippen LogP contribution in [0.2, 0.25) is 0 Å². The van der Waals surface area contributed by atoms with Crippen LogP contribution in [0.5, 0.6) is 0 Å². The van der Waals surface area contributed by atoms with Gasteiger partial charge in [-0.3, -0.25) is 4.79 Å². The molecule has 96 valence electrons. The van der Waals surface area contributed by atoms with Crippen LogP contribution in [0.3, 0.4) is 0 Å². The Bertz CT molecular complexity index is 441. The van der Waals surface area contributed by atoms with Crippen molar-refractivity contribution in [2.75, 3.05) is 0 Å². The molecule has 1 aromatic heterocycles. The van der Waals surface area contributed by atoms with Crippen LogP contribution in [-0.4, -0.2) is 5.91 Å². The van der Waals surface area contributed by atoms with Gasteiger partial charge in [0.2, 0.25) is 5.91 Å². The van der Waals surface area contributed by atoms with E-state index in [2.05, 4.69) is 18.3 Å². The molecule has 1 aliphatic rings. The second-order valence-corrected chi connectivity index (χ2v) is 5.83. The van der Waals surface area contributed by atoms with Crippen molar-refractivity contribution < 1.29 is 4.79 Å². The molecule has 1 heterocycles. The normalized spacial score (nSPS) is 19.1. The van der Waals surface area contributed by atoms with Crippen LogP contribution in [0, 0.1) is 16.7 Å². The van der Waals surface area contributed by atoms with Crippen LogP contribution < -0.4 is 5.32 Å². The van der Waals surface area contributed by atoms with E-state index in [1.807, 2.05) is 17.5 Å². The first-order valence-electron chi connectivity index (χ1n) is 6.47. The number of hydrogen-bond acceptors (Lipinski definition) is 3. The fourth-order valence-electron chi connectivity index (χ4n) is 2.53. The first kappa shape index (κ1) is 13.1. The van der Waals surface area contributed by atoms with Crippen molar-refractivity contribution in [1.29, 1.82) is 5.26 Å². The number of amides is 1. The molecule has 0 saturated heterocycles. The average molecular weight is 262 g/mol. The first-order chi connectivity index (χ1) is 8.72. The van der Waals surface area contributed by atoms with Crippen LogP contribution in [0.4, 0.5) is 0 Å². The minimum Gasteiger partial charge on any atom is -0.347 e. The summed E-state index contributed by atoms with van der Waals surface area (Å²) in [4.78, 5) is 13.5. The van der Waals surface area contributed by atoms with E-state index in [9.17, 15) is 10.1 Å². The molecule has 0 aromatic carbocycles. The SMILES string of the molecule is CCC(NC(=O)C1(C#N)CCCC1)c1cccs1. The van der Waals surface area contributed by atoms with E-state index in [0.29, 0.717) is 12.8 Å². The largest absolute Gasteiger partial charge is 0.347 e. The molecule has 0 aliphatic heterocycles. The van der Waals surface area contributed by atoms with Crippen LogP contribution in [0.25, 0.3) is 0 Å². The van der Waals surface area contributed by atoms with E-state index in [4.69, 9.17) is 0 Å². The third-order valence-corrected chi connectivity index (χ3v) is 4.69. The van der Waals surface area contributed by atoms with Gasteiger partial charge in [0.05, 0.1) is 12.1 Å². The van der Waals surface area contributed by atoms with Crippen LogP contribution >= 0.6 is 11.3 Å². The van der Waals surface area contributed by atoms with Gasteiger partial charge >= 0.3 is 0 Å². The van der Waals surface area contributed by atoms with Gasteiger partial charge < -0.3 is 5.32 Å². The van der Waals surface area contributed by atoms with Crippen molar-refractivity contribution in [3.63, 3.8) is 0 Å². The van der Waals surface area contributed by atoms with Crippen LogP contribution in [0.1, 0.15) is 49.9 Å². The maximum absolute atomic E-state index is 12.3. The minimum atomic E-state index is -0.773. The predicted molar refractivity (Wildman–Crippen MR) is 72.0 cm³/mol. The summed E-state index contributed by atoms with van der Waals surface area (Å²) in [6.07, 6.45) is 4.23. The second kappa shape index (κ2) is 5.53. The maximum Gasteiger partial charge on any atom is 0.240 e. The summed E-state index contributed by atoms with van der Waals surface area (Å²) >= 11 is 1.65. The highest BCUT2D eigenvalue weighted by Crippen LogP contribution is 2.38. The third-order valence-electron chi connectivity index (χ3n) is 3.71. The monoisotopic (exact) mass is 262 g/mol. The predicted octanol–water partition coefficient (Wildman–Crippen LogP) is 3.40. The molecule has 1 aliphatic carbocycles. The van der Waals surface area contributed by atoms with Gasteiger partial charge in [-0.05, 0) is 30.7 Å². The third kappa shape index (κ3) is 2.41. The number of nitriles is 1. The molecule has 0 bridgehead atoms. The Hall–Kier alpha value is -1.34. The molecule has 1 aromatic rings. The number of nitrogens with zero attached hydrogens (tertiary/aromatic N) is 1. The number of hydrogen-bond donors (Lipinski definition) is 1. The van der Waals surface area contributed by atoms with E-state index in [1.54, 1.807) is 11.3 Å². The molecule has 18 heavy (non-hydrogen) atoms. The molecule has 1 N–H and O–H groups in total. The highest BCUT2D eigenvalue weighted by molar-refractivity contribution is 7.10. The Balaban J connectivity index is 2.08. The van der Waals surface area contributed by atoms with Crippen molar-refractivity contribution in [3.8, 4) is 6.07 Å². The second-order valence-electron chi connectivity index (χ2n) is 4.85. The van der Waals surface area contributed by atoms with Crippen molar-refractivity contribution in [3.05, 3.63) is 22.4 Å². The quantitative estimate of drug-likeness (QED) is 0.904. The molecule has 1 atom stereocenters. The van der Waals surface area contributed by atoms with Crippen molar-refractivity contribution in [1.82, 2.24) is 5.32 Å². The molecule has 0 spiro atoms. The van der Waals surface area contributed by atoms with Gasteiger partial charge in [-0.15, -0.1) is 11.3 Å². The van der Waals surface area contributed by atoms with Gasteiger partial charge in [0.25, 0.3) is 0 Å². The highest BCUT2D eigenvalue weighted by atomic mass is 32.1. The van der Waals surface area contributed by atoms with Gasteiger partial charge in [-0.2, -0.15) is 5.26 Å². The molecule has 1 unspecified atom stereocenters. The molecule has 4 heteroatoms. The topological polar surface area (TPSA) is 52.9 Å². The first-order valence-corrected chi connectivity index (χ1v) is 7.35. The molecule has 1 saturated carbocycles. The lowest BCUT2D eigenvalue weighted by atomic mass is 9.86. The zero-order chi connectivity index (χ0) is 13.0. The highest BCUT2D eigenvalue weighted by Gasteiger charge is 2.42. The van der Waals surface area contributed by atoms with E-state index >= 15 is 0 Å². The number of nitrogens with one attached hydrogen (secondary N) is 1. The fourth-order valence-corrected chi connectivity index (χ4v) is 3.39. The Morgan fingerprint density at radius 3 is 2.83 bits per heavy atom. The van der Waals surface area contributed by atoms with Gasteiger partial charge in [0.15, 0.2) is 0 Å². The lowest BCUT2D eigenvalue weighted by molar-refractivity contribution is -0.128. The van der Waals surface area contributed by atoms with E-state index < -0.39 is 5.41 Å². The smallest absolute Gasteiger partial charge is 0.240 e. The van der Waals surface area contributed by atoms with E-state index in [1.165, 1.54) is 0 Å². The standard InChI is InChI=1S/C14H18N2OS/c1-2-11(12-6-5-9-18-12)16-13(17)14(10-15)7-3-4-8-14/h5-6,9,11H,2-4,7-8H2,1H3,(H,16,17). The van der Waals surface area contributed by atoms with Gasteiger partial charge in [-0.25, -0.2) is 0 Å². The minimum absolute atomic E-state index is 0.0447. The summed E-state index contributed by atoms with van der Waals surface area (Å²) in [5.74, 6) is -0.0808. The summed E-state index contributed by atoms with van der Waals surface area (Å²) in [5, 5.41) is 14.4. The molecule has 1 amide bonds. The van der Waals surface area contributed by atoms with Crippen LogP contribution in [0.15, 0.2) is 17.5 Å². The molecule has 1 fully saturated rings. The lowest BCUT2D eigenvalue weighted by Gasteiger charge is -2.23. The summed E-state index contributed by atoms with van der Waals surface area (Å²) in [6.45, 7) is 2.05. The molecular weight excluding hydrogens is 244 g/mol. The fraction of sp³-hybridized carbons (Fsp3) is 0.571. The van der Waals surface area contributed by atoms with Gasteiger partial charge in [0, 0.05) is 4.88 Å². The number of carbonyl (C=O) groups is 1. The van der Waals surface area contributed by atoms with Crippen molar-refractivity contribution in [2.45, 2.75) is 45.1 Å². The zero-order valence-electron chi connectivity index (χ0n) is 10.6. The summed E-state index contributed by atoms with van der Waals surface area (Å²) in [6, 6.07) is 6.31. The van der Waals surface area contributed by atoms with Gasteiger partial charge in [0.1, 0.15) is 5.41 Å². The Morgan fingerprint density at radius 1 is 1.61 bits per heavy atom. The van der Waals surface area contributed by atoms with Gasteiger partial charge in [-0.1, -0.05) is 25.8 Å². The number of carbonyl (C=O) groups excluding carboxylic acids is 1. The van der Waals surface area contributed by atoms with E-state index in [0.717, 1.165) is 24.1 Å². The summed E-state index contributed by atoms with van der Waals surface area (Å²) in [7, 11) is 0. The number of rotatable bonds is 4. The Morgan fingerprint density at radius 2 is 2.33 bits per heavy atom. The average Bonchev–Trinajstić information content (AvgIpc) is 3.06. The summed E-state index contributed by atoms with van der Waals surface area (Å²) < 4.78 is 0. The zero-order valence-corrected chi connectivity index (χ0v) is 11.4.